The molecule has 2 rings (SSSR count). The minimum absolute atomic E-state index is 0.0603. The molecule has 4 heteroatoms. The molecule has 0 aliphatic heterocycles. The largest absolute Gasteiger partial charge is 0.378 e. The van der Waals surface area contributed by atoms with Crippen molar-refractivity contribution in [3.05, 3.63) is 33.8 Å². The van der Waals surface area contributed by atoms with Crippen molar-refractivity contribution in [1.29, 1.82) is 0 Å². The molecule has 0 spiro atoms. The second-order valence-corrected chi connectivity index (χ2v) is 5.28. The Hall–Kier alpha value is -0.570. The Morgan fingerprint density at radius 1 is 1.35 bits per heavy atom. The molecule has 1 aliphatic rings. The van der Waals surface area contributed by atoms with E-state index >= 15 is 0 Å². The van der Waals surface area contributed by atoms with Crippen LogP contribution in [0.15, 0.2) is 18.2 Å². The van der Waals surface area contributed by atoms with Crippen molar-refractivity contribution in [1.82, 2.24) is 0 Å². The molecular formula is C13H14Cl2O2. The van der Waals surface area contributed by atoms with E-state index in [2.05, 4.69) is 0 Å². The molecule has 0 N–H and O–H groups in total. The first-order chi connectivity index (χ1) is 8.06. The first-order valence-electron chi connectivity index (χ1n) is 5.60. The van der Waals surface area contributed by atoms with Crippen molar-refractivity contribution in [3.8, 4) is 0 Å². The predicted octanol–water partition coefficient (Wildman–Crippen LogP) is 4.14. The quantitative estimate of drug-likeness (QED) is 0.771. The highest BCUT2D eigenvalue weighted by atomic mass is 35.5. The maximum Gasteiger partial charge on any atom is 0.165 e. The highest BCUT2D eigenvalue weighted by molar-refractivity contribution is 6.42. The zero-order valence-electron chi connectivity index (χ0n) is 9.63. The zero-order chi connectivity index (χ0) is 12.5. The first-order valence-corrected chi connectivity index (χ1v) is 6.35. The Morgan fingerprint density at radius 2 is 2.06 bits per heavy atom. The lowest BCUT2D eigenvalue weighted by Crippen LogP contribution is -2.41. The van der Waals surface area contributed by atoms with Crippen LogP contribution in [-0.4, -0.2) is 18.5 Å². The van der Waals surface area contributed by atoms with Gasteiger partial charge in [-0.3, -0.25) is 4.79 Å². The van der Waals surface area contributed by atoms with Crippen molar-refractivity contribution in [3.63, 3.8) is 0 Å². The average molecular weight is 273 g/mol. The van der Waals surface area contributed by atoms with Gasteiger partial charge in [0.1, 0.15) is 0 Å². The van der Waals surface area contributed by atoms with Gasteiger partial charge in [0.2, 0.25) is 0 Å². The SMILES string of the molecule is COC1(CC(=O)c2ccc(Cl)c(Cl)c2)CCC1. The minimum Gasteiger partial charge on any atom is -0.378 e. The Morgan fingerprint density at radius 3 is 2.53 bits per heavy atom. The molecule has 17 heavy (non-hydrogen) atoms. The van der Waals surface area contributed by atoms with Gasteiger partial charge >= 0.3 is 0 Å². The Balaban J connectivity index is 2.11. The lowest BCUT2D eigenvalue weighted by atomic mass is 9.76. The van der Waals surface area contributed by atoms with Crippen LogP contribution in [0.1, 0.15) is 36.0 Å². The van der Waals surface area contributed by atoms with Gasteiger partial charge in [0.05, 0.1) is 15.6 Å². The van der Waals surface area contributed by atoms with E-state index in [9.17, 15) is 4.79 Å². The normalized spacial score (nSPS) is 17.6. The second-order valence-electron chi connectivity index (χ2n) is 4.47. The van der Waals surface area contributed by atoms with Gasteiger partial charge in [-0.1, -0.05) is 23.2 Å². The summed E-state index contributed by atoms with van der Waals surface area (Å²) in [6.07, 6.45) is 3.46. The smallest absolute Gasteiger partial charge is 0.165 e. The number of hydrogen-bond donors (Lipinski definition) is 0. The lowest BCUT2D eigenvalue weighted by molar-refractivity contribution is -0.0704. The molecule has 0 heterocycles. The first kappa shape index (κ1) is 12.9. The van der Waals surface area contributed by atoms with Crippen molar-refractivity contribution in [2.24, 2.45) is 0 Å². The monoisotopic (exact) mass is 272 g/mol. The Kier molecular flexibility index (Phi) is 3.76. The van der Waals surface area contributed by atoms with Gasteiger partial charge in [-0.15, -0.1) is 0 Å². The van der Waals surface area contributed by atoms with E-state index in [1.807, 2.05) is 0 Å². The fourth-order valence-electron chi connectivity index (χ4n) is 2.09. The van der Waals surface area contributed by atoms with E-state index in [4.69, 9.17) is 27.9 Å². The van der Waals surface area contributed by atoms with Gasteiger partial charge in [-0.2, -0.15) is 0 Å². The number of carbonyl (C=O) groups is 1. The van der Waals surface area contributed by atoms with Gasteiger partial charge in [0.15, 0.2) is 5.78 Å². The molecule has 1 saturated carbocycles. The van der Waals surface area contributed by atoms with Crippen LogP contribution in [-0.2, 0) is 4.74 Å². The molecule has 0 saturated heterocycles. The van der Waals surface area contributed by atoms with Crippen molar-refractivity contribution < 1.29 is 9.53 Å². The molecular weight excluding hydrogens is 259 g/mol. The lowest BCUT2D eigenvalue weighted by Gasteiger charge is -2.40. The highest BCUT2D eigenvalue weighted by Gasteiger charge is 2.39. The number of ether oxygens (including phenoxy) is 1. The molecule has 92 valence electrons. The van der Waals surface area contributed by atoms with Gasteiger partial charge < -0.3 is 4.74 Å². The summed E-state index contributed by atoms with van der Waals surface area (Å²) in [7, 11) is 1.67. The maximum atomic E-state index is 12.1. The summed E-state index contributed by atoms with van der Waals surface area (Å²) in [6, 6.07) is 4.98. The van der Waals surface area contributed by atoms with Crippen LogP contribution in [0.3, 0.4) is 0 Å². The fourth-order valence-corrected chi connectivity index (χ4v) is 2.39. The topological polar surface area (TPSA) is 26.3 Å². The van der Waals surface area contributed by atoms with Crippen LogP contribution in [0.2, 0.25) is 10.0 Å². The third-order valence-electron chi connectivity index (χ3n) is 3.42. The van der Waals surface area contributed by atoms with Crippen LogP contribution >= 0.6 is 23.2 Å². The van der Waals surface area contributed by atoms with Gasteiger partial charge in [-0.25, -0.2) is 0 Å². The molecule has 0 atom stereocenters. The second kappa shape index (κ2) is 4.97. The maximum absolute atomic E-state index is 12.1. The highest BCUT2D eigenvalue weighted by Crippen LogP contribution is 2.39. The summed E-state index contributed by atoms with van der Waals surface area (Å²) < 4.78 is 5.44. The van der Waals surface area contributed by atoms with E-state index in [-0.39, 0.29) is 11.4 Å². The number of hydrogen-bond acceptors (Lipinski definition) is 2. The van der Waals surface area contributed by atoms with Crippen LogP contribution < -0.4 is 0 Å². The number of carbonyl (C=O) groups excluding carboxylic acids is 1. The molecule has 1 aliphatic carbocycles. The van der Waals surface area contributed by atoms with Crippen LogP contribution in [0.25, 0.3) is 0 Å². The molecule has 0 aromatic heterocycles. The van der Waals surface area contributed by atoms with E-state index in [1.54, 1.807) is 25.3 Å². The Bertz CT molecular complexity index is 434. The van der Waals surface area contributed by atoms with Crippen molar-refractivity contribution in [2.75, 3.05) is 7.11 Å². The van der Waals surface area contributed by atoms with Crippen molar-refractivity contribution in [2.45, 2.75) is 31.3 Å². The predicted molar refractivity (Wildman–Crippen MR) is 69.0 cm³/mol. The van der Waals surface area contributed by atoms with Crippen LogP contribution in [0.4, 0.5) is 0 Å². The van der Waals surface area contributed by atoms with Crippen LogP contribution in [0, 0.1) is 0 Å². The number of methoxy groups -OCH3 is 1. The zero-order valence-corrected chi connectivity index (χ0v) is 11.1. The summed E-state index contributed by atoms with van der Waals surface area (Å²) in [5.74, 6) is 0.0603. The third-order valence-corrected chi connectivity index (χ3v) is 4.16. The molecule has 0 bridgehead atoms. The summed E-state index contributed by atoms with van der Waals surface area (Å²) in [4.78, 5) is 12.1. The van der Waals surface area contributed by atoms with Gasteiger partial charge in [-0.05, 0) is 37.5 Å². The number of rotatable bonds is 4. The van der Waals surface area contributed by atoms with Crippen LogP contribution in [0.5, 0.6) is 0 Å². The molecule has 1 aromatic carbocycles. The van der Waals surface area contributed by atoms with E-state index in [0.29, 0.717) is 22.0 Å². The summed E-state index contributed by atoms with van der Waals surface area (Å²) in [5, 5.41) is 0.880. The molecule has 0 radical (unpaired) electrons. The summed E-state index contributed by atoms with van der Waals surface area (Å²) in [5.41, 5.74) is 0.353. The van der Waals surface area contributed by atoms with E-state index < -0.39 is 0 Å². The van der Waals surface area contributed by atoms with Gasteiger partial charge in [0.25, 0.3) is 0 Å². The minimum atomic E-state index is -0.247. The molecule has 0 unspecified atom stereocenters. The number of benzene rings is 1. The number of ketones is 1. The van der Waals surface area contributed by atoms with E-state index in [0.717, 1.165) is 19.3 Å². The third kappa shape index (κ3) is 2.65. The fraction of sp³-hybridized carbons (Fsp3) is 0.462. The number of Topliss-reactive ketones (excluding diaryl/α,β-unsaturated/α-hetero) is 1. The molecule has 1 fully saturated rings. The van der Waals surface area contributed by atoms with E-state index in [1.165, 1.54) is 0 Å². The molecule has 2 nitrogen and oxygen atoms in total. The average Bonchev–Trinajstić information content (AvgIpc) is 2.27. The Labute approximate surface area is 111 Å². The van der Waals surface area contributed by atoms with Crippen molar-refractivity contribution >= 4 is 29.0 Å². The number of halogens is 2. The summed E-state index contributed by atoms with van der Waals surface area (Å²) in [6.45, 7) is 0. The molecule has 1 aromatic rings. The van der Waals surface area contributed by atoms with Gasteiger partial charge in [0, 0.05) is 19.1 Å². The standard InChI is InChI=1S/C13H14Cl2O2/c1-17-13(5-2-6-13)8-12(16)9-3-4-10(14)11(15)7-9/h3-4,7H,2,5-6,8H2,1H3. The molecule has 0 amide bonds. The summed E-state index contributed by atoms with van der Waals surface area (Å²) >= 11 is 11.7.